The summed E-state index contributed by atoms with van der Waals surface area (Å²) in [5.74, 6) is -0.998. The molecule has 1 amide bonds. The summed E-state index contributed by atoms with van der Waals surface area (Å²) in [5.41, 5.74) is 0.754. The van der Waals surface area contributed by atoms with Gasteiger partial charge in [0.25, 0.3) is 0 Å². The van der Waals surface area contributed by atoms with Crippen molar-refractivity contribution in [2.75, 3.05) is 24.4 Å². The molecule has 7 heteroatoms. The predicted octanol–water partition coefficient (Wildman–Crippen LogP) is 1.39. The fourth-order valence-corrected chi connectivity index (χ4v) is 2.20. The lowest BCUT2D eigenvalue weighted by atomic mass is 10.1. The Bertz CT molecular complexity index is 601. The Kier molecular flexibility index (Phi) is 4.47. The summed E-state index contributed by atoms with van der Waals surface area (Å²) in [6.45, 7) is 1.48. The third kappa shape index (κ3) is 3.00. The van der Waals surface area contributed by atoms with Gasteiger partial charge >= 0.3 is 5.97 Å². The van der Waals surface area contributed by atoms with Crippen LogP contribution in [0.3, 0.4) is 0 Å². The van der Waals surface area contributed by atoms with E-state index in [1.165, 1.54) is 31.1 Å². The second-order valence-electron chi connectivity index (χ2n) is 4.53. The normalized spacial score (nSPS) is 16.7. The predicted molar refractivity (Wildman–Crippen MR) is 76.0 cm³/mol. The van der Waals surface area contributed by atoms with E-state index in [2.05, 4.69) is 4.74 Å². The molecule has 0 aliphatic carbocycles. The molecule has 2 rings (SSSR count). The number of benzene rings is 1. The van der Waals surface area contributed by atoms with Crippen molar-refractivity contribution >= 4 is 34.9 Å². The molecule has 0 bridgehead atoms. The summed E-state index contributed by atoms with van der Waals surface area (Å²) in [5, 5.41) is 0. The minimum atomic E-state index is -0.780. The van der Waals surface area contributed by atoms with Crippen LogP contribution in [0.2, 0.25) is 0 Å². The van der Waals surface area contributed by atoms with Gasteiger partial charge < -0.3 is 14.4 Å². The van der Waals surface area contributed by atoms with E-state index < -0.39 is 12.1 Å². The number of ether oxygens (including phenoxy) is 2. The lowest BCUT2D eigenvalue weighted by Gasteiger charge is -2.33. The Morgan fingerprint density at radius 3 is 2.71 bits per heavy atom. The van der Waals surface area contributed by atoms with Crippen molar-refractivity contribution in [2.45, 2.75) is 13.0 Å². The van der Waals surface area contributed by atoms with Crippen molar-refractivity contribution < 1.29 is 23.9 Å². The second kappa shape index (κ2) is 6.13. The van der Waals surface area contributed by atoms with Crippen molar-refractivity contribution in [3.8, 4) is 5.75 Å². The lowest BCUT2D eigenvalue weighted by molar-refractivity contribution is -0.124. The maximum atomic E-state index is 11.9. The number of methoxy groups -OCH3 is 1. The highest BCUT2D eigenvalue weighted by Gasteiger charge is 2.32. The van der Waals surface area contributed by atoms with Gasteiger partial charge in [0.1, 0.15) is 11.6 Å². The van der Waals surface area contributed by atoms with Crippen LogP contribution in [0.15, 0.2) is 18.2 Å². The van der Waals surface area contributed by atoms with Crippen LogP contribution in [0.5, 0.6) is 5.75 Å². The molecule has 1 aliphatic rings. The Morgan fingerprint density at radius 2 is 2.14 bits per heavy atom. The van der Waals surface area contributed by atoms with Crippen LogP contribution in [-0.4, -0.2) is 43.3 Å². The van der Waals surface area contributed by atoms with Crippen LogP contribution in [0.4, 0.5) is 5.69 Å². The number of hydrogen-bond donors (Lipinski definition) is 0. The number of esters is 1. The fraction of sp³-hybridized carbons (Fsp3) is 0.357. The third-order valence-electron chi connectivity index (χ3n) is 3.16. The number of nitrogens with zero attached hydrogens (tertiary/aromatic N) is 1. The minimum Gasteiger partial charge on any atom is -0.479 e. The average Bonchev–Trinajstić information content (AvgIpc) is 2.51. The number of halogens is 1. The molecule has 0 saturated carbocycles. The van der Waals surface area contributed by atoms with Gasteiger partial charge in [-0.3, -0.25) is 9.59 Å². The van der Waals surface area contributed by atoms with Gasteiger partial charge in [-0.05, 0) is 25.1 Å². The molecule has 0 radical (unpaired) electrons. The van der Waals surface area contributed by atoms with Crippen molar-refractivity contribution in [2.24, 2.45) is 0 Å². The number of alkyl halides is 1. The van der Waals surface area contributed by atoms with Gasteiger partial charge in [-0.1, -0.05) is 0 Å². The summed E-state index contributed by atoms with van der Waals surface area (Å²) in [6, 6.07) is 4.55. The lowest BCUT2D eigenvalue weighted by Crippen LogP contribution is -2.47. The molecule has 1 aromatic carbocycles. The standard InChI is InChI=1S/C14H14ClNO5/c1-8(17)12-7-16(13(18)6-15)10-4-3-9(14(19)20-2)5-11(10)21-12/h3-5,12H,6-7H2,1-2H3. The Morgan fingerprint density at radius 1 is 1.43 bits per heavy atom. The number of anilines is 1. The van der Waals surface area contributed by atoms with E-state index >= 15 is 0 Å². The monoisotopic (exact) mass is 311 g/mol. The van der Waals surface area contributed by atoms with E-state index in [4.69, 9.17) is 16.3 Å². The molecule has 0 fully saturated rings. The van der Waals surface area contributed by atoms with Crippen LogP contribution in [0.1, 0.15) is 17.3 Å². The highest BCUT2D eigenvalue weighted by molar-refractivity contribution is 6.29. The fourth-order valence-electron chi connectivity index (χ4n) is 2.05. The number of ketones is 1. The topological polar surface area (TPSA) is 72.9 Å². The van der Waals surface area contributed by atoms with E-state index in [1.807, 2.05) is 0 Å². The zero-order valence-corrected chi connectivity index (χ0v) is 12.3. The zero-order chi connectivity index (χ0) is 15.6. The number of hydrogen-bond acceptors (Lipinski definition) is 5. The number of rotatable bonds is 3. The van der Waals surface area contributed by atoms with Crippen LogP contribution in [0.25, 0.3) is 0 Å². The number of carbonyl (C=O) groups excluding carboxylic acids is 3. The molecule has 6 nitrogen and oxygen atoms in total. The Balaban J connectivity index is 2.45. The summed E-state index contributed by atoms with van der Waals surface area (Å²) < 4.78 is 10.2. The first kappa shape index (κ1) is 15.3. The maximum absolute atomic E-state index is 11.9. The molecule has 21 heavy (non-hydrogen) atoms. The van der Waals surface area contributed by atoms with Gasteiger partial charge in [0.2, 0.25) is 5.91 Å². The van der Waals surface area contributed by atoms with E-state index in [9.17, 15) is 14.4 Å². The maximum Gasteiger partial charge on any atom is 0.337 e. The van der Waals surface area contributed by atoms with Gasteiger partial charge in [0.05, 0.1) is 24.9 Å². The molecule has 0 spiro atoms. The Labute approximate surface area is 126 Å². The van der Waals surface area contributed by atoms with E-state index in [0.29, 0.717) is 5.69 Å². The summed E-state index contributed by atoms with van der Waals surface area (Å²) >= 11 is 5.59. The number of Topliss-reactive ketones (excluding diaryl/α,β-unsaturated/α-hetero) is 1. The molecule has 1 unspecified atom stereocenters. The van der Waals surface area contributed by atoms with Crippen LogP contribution >= 0.6 is 11.6 Å². The van der Waals surface area contributed by atoms with Crippen molar-refractivity contribution in [3.05, 3.63) is 23.8 Å². The summed E-state index contributed by atoms with van der Waals surface area (Å²) in [4.78, 5) is 36.4. The van der Waals surface area contributed by atoms with E-state index in [-0.39, 0.29) is 35.4 Å². The third-order valence-corrected chi connectivity index (χ3v) is 3.39. The molecule has 0 saturated heterocycles. The quantitative estimate of drug-likeness (QED) is 0.623. The number of carbonyl (C=O) groups is 3. The van der Waals surface area contributed by atoms with Crippen LogP contribution in [-0.2, 0) is 14.3 Å². The summed E-state index contributed by atoms with van der Waals surface area (Å²) in [7, 11) is 1.27. The van der Waals surface area contributed by atoms with Crippen molar-refractivity contribution in [3.63, 3.8) is 0 Å². The molecule has 1 aliphatic heterocycles. The van der Waals surface area contributed by atoms with Gasteiger partial charge in [0.15, 0.2) is 11.9 Å². The van der Waals surface area contributed by atoms with Crippen LogP contribution < -0.4 is 9.64 Å². The first-order chi connectivity index (χ1) is 9.97. The summed E-state index contributed by atoms with van der Waals surface area (Å²) in [6.07, 6.45) is -0.780. The molecule has 112 valence electrons. The molecule has 1 heterocycles. The Hall–Kier alpha value is -2.08. The minimum absolute atomic E-state index is 0.103. The highest BCUT2D eigenvalue weighted by Crippen LogP contribution is 2.35. The molecule has 1 aromatic rings. The number of fused-ring (bicyclic) bond motifs is 1. The average molecular weight is 312 g/mol. The van der Waals surface area contributed by atoms with Gasteiger partial charge in [-0.15, -0.1) is 11.6 Å². The molecular weight excluding hydrogens is 298 g/mol. The molecule has 1 atom stereocenters. The number of amides is 1. The van der Waals surface area contributed by atoms with Gasteiger partial charge in [0, 0.05) is 0 Å². The largest absolute Gasteiger partial charge is 0.479 e. The van der Waals surface area contributed by atoms with Crippen molar-refractivity contribution in [1.82, 2.24) is 0 Å². The van der Waals surface area contributed by atoms with E-state index in [0.717, 1.165) is 0 Å². The van der Waals surface area contributed by atoms with Gasteiger partial charge in [-0.25, -0.2) is 4.79 Å². The SMILES string of the molecule is COC(=O)c1ccc2c(c1)OC(C(C)=O)CN2C(=O)CCl. The van der Waals surface area contributed by atoms with Crippen molar-refractivity contribution in [1.29, 1.82) is 0 Å². The molecular formula is C14H14ClNO5. The van der Waals surface area contributed by atoms with E-state index in [1.54, 1.807) is 6.07 Å². The zero-order valence-electron chi connectivity index (χ0n) is 11.6. The second-order valence-corrected chi connectivity index (χ2v) is 4.80. The first-order valence-electron chi connectivity index (χ1n) is 6.23. The highest BCUT2D eigenvalue weighted by atomic mass is 35.5. The first-order valence-corrected chi connectivity index (χ1v) is 6.77. The van der Waals surface area contributed by atoms with Gasteiger partial charge in [-0.2, -0.15) is 0 Å². The molecule has 0 N–H and O–H groups in total. The van der Waals surface area contributed by atoms with Crippen LogP contribution in [0, 0.1) is 0 Å². The molecule has 0 aromatic heterocycles. The smallest absolute Gasteiger partial charge is 0.337 e.